The number of carbonyl (C=O) groups excluding carboxylic acids is 2. The topological polar surface area (TPSA) is 52.7 Å². The quantitative estimate of drug-likeness (QED) is 0.870. The molecule has 1 aliphatic rings. The van der Waals surface area contributed by atoms with Gasteiger partial charge in [-0.15, -0.1) is 0 Å². The fourth-order valence-electron chi connectivity index (χ4n) is 2.76. The van der Waals surface area contributed by atoms with Gasteiger partial charge in [0.15, 0.2) is 5.78 Å². The minimum absolute atomic E-state index is 0.0396. The lowest BCUT2D eigenvalue weighted by molar-refractivity contribution is 0.0884. The lowest BCUT2D eigenvalue weighted by Gasteiger charge is -2.34. The van der Waals surface area contributed by atoms with E-state index in [1.807, 2.05) is 35.2 Å². The van der Waals surface area contributed by atoms with Gasteiger partial charge in [-0.05, 0) is 36.4 Å². The van der Waals surface area contributed by atoms with Crippen LogP contribution in [0.1, 0.15) is 10.4 Å². The summed E-state index contributed by atoms with van der Waals surface area (Å²) in [6, 6.07) is 14.8. The van der Waals surface area contributed by atoms with Crippen LogP contribution >= 0.6 is 0 Å². The molecule has 2 aromatic rings. The fraction of sp³-hybridized carbons (Fsp3) is 0.263. The molecule has 0 atom stereocenters. The molecule has 3 rings (SSSR count). The summed E-state index contributed by atoms with van der Waals surface area (Å²) in [4.78, 5) is 28.2. The molecule has 1 saturated heterocycles. The molecule has 0 unspecified atom stereocenters. The van der Waals surface area contributed by atoms with E-state index >= 15 is 0 Å². The summed E-state index contributed by atoms with van der Waals surface area (Å²) in [7, 11) is 0. The molecule has 1 N–H and O–H groups in total. The van der Waals surface area contributed by atoms with Crippen LogP contribution in [-0.2, 0) is 0 Å². The molecule has 25 heavy (non-hydrogen) atoms. The number of hydrogen-bond acceptors (Lipinski definition) is 3. The first-order valence-electron chi connectivity index (χ1n) is 8.24. The van der Waals surface area contributed by atoms with Gasteiger partial charge in [0.2, 0.25) is 0 Å². The van der Waals surface area contributed by atoms with E-state index in [1.165, 1.54) is 24.3 Å². The highest BCUT2D eigenvalue weighted by Crippen LogP contribution is 2.10. The van der Waals surface area contributed by atoms with Gasteiger partial charge in [-0.3, -0.25) is 9.69 Å². The molecule has 2 aromatic carbocycles. The van der Waals surface area contributed by atoms with Crippen LogP contribution < -0.4 is 5.32 Å². The number of anilines is 1. The lowest BCUT2D eigenvalue weighted by atomic mass is 10.1. The first kappa shape index (κ1) is 17.1. The fourth-order valence-corrected chi connectivity index (χ4v) is 2.76. The molecule has 1 aliphatic heterocycles. The van der Waals surface area contributed by atoms with Crippen molar-refractivity contribution in [3.63, 3.8) is 0 Å². The summed E-state index contributed by atoms with van der Waals surface area (Å²) in [6.45, 7) is 2.68. The van der Waals surface area contributed by atoms with E-state index in [0.29, 0.717) is 31.7 Å². The summed E-state index contributed by atoms with van der Waals surface area (Å²) in [5.74, 6) is -0.392. The van der Waals surface area contributed by atoms with Gasteiger partial charge in [0.1, 0.15) is 5.82 Å². The van der Waals surface area contributed by atoms with Crippen molar-refractivity contribution in [3.8, 4) is 0 Å². The number of benzene rings is 2. The van der Waals surface area contributed by atoms with Crippen LogP contribution in [-0.4, -0.2) is 54.3 Å². The Labute approximate surface area is 146 Å². The highest BCUT2D eigenvalue weighted by atomic mass is 19.1. The number of Topliss-reactive ketones (excluding diaryl/α,β-unsaturated/α-hetero) is 1. The van der Waals surface area contributed by atoms with Crippen LogP contribution in [0.15, 0.2) is 54.6 Å². The van der Waals surface area contributed by atoms with Crippen LogP contribution in [0.3, 0.4) is 0 Å². The van der Waals surface area contributed by atoms with Crippen LogP contribution in [0.25, 0.3) is 0 Å². The summed E-state index contributed by atoms with van der Waals surface area (Å²) < 4.78 is 12.9. The van der Waals surface area contributed by atoms with Crippen molar-refractivity contribution in [1.29, 1.82) is 0 Å². The van der Waals surface area contributed by atoms with Crippen molar-refractivity contribution in [1.82, 2.24) is 9.80 Å². The van der Waals surface area contributed by atoms with Crippen LogP contribution in [0.2, 0.25) is 0 Å². The first-order chi connectivity index (χ1) is 12.1. The number of nitrogens with one attached hydrogen (secondary N) is 1. The summed E-state index contributed by atoms with van der Waals surface area (Å²) in [6.07, 6.45) is 0. The normalized spacial score (nSPS) is 15.0. The van der Waals surface area contributed by atoms with Crippen LogP contribution in [0.4, 0.5) is 14.9 Å². The van der Waals surface area contributed by atoms with E-state index in [0.717, 1.165) is 5.69 Å². The number of para-hydroxylation sites is 1. The van der Waals surface area contributed by atoms with E-state index in [-0.39, 0.29) is 24.2 Å². The molecule has 6 heteroatoms. The molecule has 0 aliphatic carbocycles. The van der Waals surface area contributed by atoms with Gasteiger partial charge in [0.25, 0.3) is 0 Å². The SMILES string of the molecule is O=C(CN1CCN(C(=O)Nc2ccccc2)CC1)c1ccc(F)cc1. The van der Waals surface area contributed by atoms with Gasteiger partial charge in [0, 0.05) is 37.4 Å². The van der Waals surface area contributed by atoms with Crippen molar-refractivity contribution >= 4 is 17.5 Å². The predicted octanol–water partition coefficient (Wildman–Crippen LogP) is 2.86. The van der Waals surface area contributed by atoms with E-state index in [1.54, 1.807) is 4.90 Å². The molecule has 0 spiro atoms. The summed E-state index contributed by atoms with van der Waals surface area (Å²) in [5.41, 5.74) is 1.27. The molecule has 0 radical (unpaired) electrons. The predicted molar refractivity (Wildman–Crippen MR) is 94.2 cm³/mol. The molecule has 5 nitrogen and oxygen atoms in total. The maximum atomic E-state index is 12.9. The van der Waals surface area contributed by atoms with Gasteiger partial charge in [-0.1, -0.05) is 18.2 Å². The zero-order valence-electron chi connectivity index (χ0n) is 13.8. The van der Waals surface area contributed by atoms with Gasteiger partial charge in [0.05, 0.1) is 6.54 Å². The van der Waals surface area contributed by atoms with E-state index in [4.69, 9.17) is 0 Å². The number of carbonyl (C=O) groups is 2. The number of urea groups is 1. The summed E-state index contributed by atoms with van der Waals surface area (Å²) in [5, 5.41) is 2.86. The Kier molecular flexibility index (Phi) is 5.40. The Balaban J connectivity index is 1.47. The number of rotatable bonds is 4. The third-order valence-electron chi connectivity index (χ3n) is 4.22. The van der Waals surface area contributed by atoms with E-state index < -0.39 is 0 Å². The Bertz CT molecular complexity index is 726. The Morgan fingerprint density at radius 3 is 2.20 bits per heavy atom. The van der Waals surface area contributed by atoms with Gasteiger partial charge in [-0.25, -0.2) is 9.18 Å². The largest absolute Gasteiger partial charge is 0.322 e. The molecular formula is C19H20FN3O2. The second-order valence-electron chi connectivity index (χ2n) is 5.99. The second kappa shape index (κ2) is 7.90. The average molecular weight is 341 g/mol. The number of nitrogens with zero attached hydrogens (tertiary/aromatic N) is 2. The maximum absolute atomic E-state index is 12.9. The van der Waals surface area contributed by atoms with Gasteiger partial charge >= 0.3 is 6.03 Å². The third-order valence-corrected chi connectivity index (χ3v) is 4.22. The lowest BCUT2D eigenvalue weighted by Crippen LogP contribution is -2.51. The number of piperazine rings is 1. The highest BCUT2D eigenvalue weighted by molar-refractivity contribution is 5.97. The average Bonchev–Trinajstić information content (AvgIpc) is 2.63. The van der Waals surface area contributed by atoms with E-state index in [2.05, 4.69) is 5.32 Å². The Hall–Kier alpha value is -2.73. The van der Waals surface area contributed by atoms with Crippen LogP contribution in [0, 0.1) is 5.82 Å². The molecule has 1 heterocycles. The first-order valence-corrected chi connectivity index (χ1v) is 8.24. The molecular weight excluding hydrogens is 321 g/mol. The minimum Gasteiger partial charge on any atom is -0.322 e. The Morgan fingerprint density at radius 1 is 0.920 bits per heavy atom. The zero-order chi connectivity index (χ0) is 17.6. The van der Waals surface area contributed by atoms with Crippen molar-refractivity contribution in [3.05, 3.63) is 66.0 Å². The molecule has 130 valence electrons. The Morgan fingerprint density at radius 2 is 1.56 bits per heavy atom. The number of ketones is 1. The van der Waals surface area contributed by atoms with Crippen molar-refractivity contribution in [2.45, 2.75) is 0 Å². The van der Waals surface area contributed by atoms with Crippen LogP contribution in [0.5, 0.6) is 0 Å². The highest BCUT2D eigenvalue weighted by Gasteiger charge is 2.22. The number of halogens is 1. The molecule has 0 saturated carbocycles. The van der Waals surface area contributed by atoms with E-state index in [9.17, 15) is 14.0 Å². The standard InChI is InChI=1S/C19H20FN3O2/c20-16-8-6-15(7-9-16)18(24)14-22-10-12-23(13-11-22)19(25)21-17-4-2-1-3-5-17/h1-9H,10-14H2,(H,21,25). The number of hydrogen-bond donors (Lipinski definition) is 1. The van der Waals surface area contributed by atoms with Crippen molar-refractivity contribution < 1.29 is 14.0 Å². The maximum Gasteiger partial charge on any atom is 0.321 e. The zero-order valence-corrected chi connectivity index (χ0v) is 13.8. The van der Waals surface area contributed by atoms with Crippen molar-refractivity contribution in [2.24, 2.45) is 0 Å². The van der Waals surface area contributed by atoms with Crippen molar-refractivity contribution in [2.75, 3.05) is 38.0 Å². The van der Waals surface area contributed by atoms with Gasteiger partial charge in [-0.2, -0.15) is 0 Å². The smallest absolute Gasteiger partial charge is 0.321 e. The second-order valence-corrected chi connectivity index (χ2v) is 5.99. The monoisotopic (exact) mass is 341 g/mol. The van der Waals surface area contributed by atoms with Gasteiger partial charge < -0.3 is 10.2 Å². The summed E-state index contributed by atoms with van der Waals surface area (Å²) >= 11 is 0. The molecule has 0 aromatic heterocycles. The third kappa shape index (κ3) is 4.64. The molecule has 2 amide bonds. The molecule has 0 bridgehead atoms. The molecule has 1 fully saturated rings. The minimum atomic E-state index is -0.352. The number of amides is 2.